The summed E-state index contributed by atoms with van der Waals surface area (Å²) in [6.07, 6.45) is 10.0. The zero-order valence-electron chi connectivity index (χ0n) is 22.1. The van der Waals surface area contributed by atoms with Crippen LogP contribution < -0.4 is 20.8 Å². The topological polar surface area (TPSA) is 84.1 Å². The Bertz CT molecular complexity index is 1280. The van der Waals surface area contributed by atoms with E-state index in [2.05, 4.69) is 10.3 Å². The lowest BCUT2D eigenvalue weighted by atomic mass is 10.0. The molecule has 0 atom stereocenters. The van der Waals surface area contributed by atoms with Gasteiger partial charge in [-0.15, -0.1) is 0 Å². The Morgan fingerprint density at radius 3 is 2.29 bits per heavy atom. The van der Waals surface area contributed by atoms with E-state index in [1.807, 2.05) is 91.0 Å². The molecule has 0 fully saturated rings. The van der Waals surface area contributed by atoms with E-state index in [1.165, 1.54) is 6.92 Å². The van der Waals surface area contributed by atoms with E-state index in [1.54, 1.807) is 0 Å². The van der Waals surface area contributed by atoms with Crippen molar-refractivity contribution >= 4 is 23.8 Å². The quantitative estimate of drug-likeness (QED) is 0.521. The molecule has 186 valence electrons. The third-order valence-electron chi connectivity index (χ3n) is 5.52. The Morgan fingerprint density at radius 1 is 1.06 bits per heavy atom. The number of Topliss-reactive ketones (excluding diaryl/α,β-unsaturated/α-hetero) is 1. The van der Waals surface area contributed by atoms with Gasteiger partial charge in [-0.2, -0.15) is 0 Å². The van der Waals surface area contributed by atoms with Gasteiger partial charge in [0.1, 0.15) is 18.2 Å². The van der Waals surface area contributed by atoms with Gasteiger partial charge >= 0.3 is 0 Å². The summed E-state index contributed by atoms with van der Waals surface area (Å²) in [5, 5.41) is 4.54. The number of rotatable bonds is 9. The summed E-state index contributed by atoms with van der Waals surface area (Å²) >= 11 is 0. The number of carbonyl (C=O) groups is 2. The first-order valence-corrected chi connectivity index (χ1v) is 11.8. The molecular weight excluding hydrogens is 438 g/mol. The molecule has 1 aromatic carbocycles. The van der Waals surface area contributed by atoms with Gasteiger partial charge in [0.05, 0.1) is 10.7 Å². The smallest absolute Gasteiger partial charge is 0.228 e. The highest BCUT2D eigenvalue weighted by molar-refractivity contribution is 5.82. The molecular formula is C29H37N3O3. The highest BCUT2D eigenvalue weighted by Gasteiger charge is 2.12. The van der Waals surface area contributed by atoms with Crippen molar-refractivity contribution in [1.82, 2.24) is 15.3 Å². The van der Waals surface area contributed by atoms with Crippen LogP contribution in [0.1, 0.15) is 59.1 Å². The number of imidazole rings is 1. The number of aromatic amines is 1. The second kappa shape index (κ2) is 12.7. The van der Waals surface area contributed by atoms with Crippen LogP contribution in [0.15, 0.2) is 47.2 Å². The van der Waals surface area contributed by atoms with Gasteiger partial charge < -0.3 is 15.0 Å². The second-order valence-corrected chi connectivity index (χ2v) is 8.75. The largest absolute Gasteiger partial charge is 0.486 e. The van der Waals surface area contributed by atoms with Crippen LogP contribution in [0.25, 0.3) is 23.5 Å². The molecule has 0 aliphatic heterocycles. The van der Waals surface area contributed by atoms with E-state index < -0.39 is 0 Å². The van der Waals surface area contributed by atoms with Crippen molar-refractivity contribution in [3.05, 3.63) is 69.0 Å². The van der Waals surface area contributed by atoms with Crippen LogP contribution in [0.4, 0.5) is 0 Å². The second-order valence-electron chi connectivity index (χ2n) is 8.75. The molecule has 2 N–H and O–H groups in total. The molecule has 0 saturated heterocycles. The first-order valence-electron chi connectivity index (χ1n) is 11.8. The monoisotopic (exact) mass is 475 g/mol. The molecule has 0 aliphatic carbocycles. The number of nitrogens with zero attached hydrogens (tertiary/aromatic N) is 1. The van der Waals surface area contributed by atoms with Gasteiger partial charge in [-0.05, 0) is 102 Å². The summed E-state index contributed by atoms with van der Waals surface area (Å²) in [6, 6.07) is 3.81. The van der Waals surface area contributed by atoms with Crippen molar-refractivity contribution < 1.29 is 14.3 Å². The summed E-state index contributed by atoms with van der Waals surface area (Å²) in [5.74, 6) is 1.27. The first-order chi connectivity index (χ1) is 16.5. The molecule has 0 unspecified atom stereocenters. The number of ether oxygens (including phenoxy) is 1. The predicted molar refractivity (Wildman–Crippen MR) is 143 cm³/mol. The van der Waals surface area contributed by atoms with Crippen LogP contribution in [0.5, 0.6) is 5.75 Å². The molecule has 2 rings (SSSR count). The number of nitrogens with one attached hydrogen (secondary N) is 2. The van der Waals surface area contributed by atoms with Gasteiger partial charge in [-0.1, -0.05) is 18.2 Å². The number of aryl methyl sites for hydroxylation is 2. The molecule has 0 aliphatic rings. The highest BCUT2D eigenvalue weighted by atomic mass is 16.5. The van der Waals surface area contributed by atoms with Crippen LogP contribution in [0.2, 0.25) is 0 Å². The number of hydrogen-bond acceptors (Lipinski definition) is 4. The van der Waals surface area contributed by atoms with E-state index in [4.69, 9.17) is 9.72 Å². The van der Waals surface area contributed by atoms with Gasteiger partial charge in [0.2, 0.25) is 5.91 Å². The lowest BCUT2D eigenvalue weighted by molar-refractivity contribution is -0.119. The lowest BCUT2D eigenvalue weighted by Crippen LogP contribution is -2.26. The minimum atomic E-state index is -0.0900. The summed E-state index contributed by atoms with van der Waals surface area (Å²) in [5.41, 5.74) is 6.02. The maximum absolute atomic E-state index is 12.5. The van der Waals surface area contributed by atoms with Crippen LogP contribution in [0, 0.1) is 13.8 Å². The maximum atomic E-state index is 12.5. The minimum Gasteiger partial charge on any atom is -0.486 e. The third kappa shape index (κ3) is 7.95. The van der Waals surface area contributed by atoms with E-state index >= 15 is 0 Å². The molecule has 1 heterocycles. The number of hydrogen-bond donors (Lipinski definition) is 2. The van der Waals surface area contributed by atoms with Crippen LogP contribution in [-0.2, 0) is 9.59 Å². The number of H-pyrrole nitrogens is 1. The Balaban J connectivity index is 2.26. The van der Waals surface area contributed by atoms with Gasteiger partial charge in [0.25, 0.3) is 0 Å². The molecule has 0 bridgehead atoms. The van der Waals surface area contributed by atoms with Gasteiger partial charge in [-0.25, -0.2) is 4.98 Å². The lowest BCUT2D eigenvalue weighted by Gasteiger charge is -2.11. The summed E-state index contributed by atoms with van der Waals surface area (Å²) in [6.45, 7) is 15.4. The van der Waals surface area contributed by atoms with Crippen molar-refractivity contribution in [2.75, 3.05) is 6.61 Å². The Morgan fingerprint density at radius 2 is 1.71 bits per heavy atom. The molecule has 1 aromatic heterocycles. The summed E-state index contributed by atoms with van der Waals surface area (Å²) in [4.78, 5) is 31.9. The molecule has 0 radical (unpaired) electrons. The maximum Gasteiger partial charge on any atom is 0.228 e. The standard InChI is InChI=1S/C29H37N3O3/c1-9-11-18(3)19(4)14-22(7)30-27(34)13-12-26-25(10-2)31-29(32-26)28-20(5)15-24(16-21(28)6)35-17-23(8)33/h9-12,14-16H,13,17H2,1-8H3,(H,30,34)(H,31,32)/b11-9-,19-18-,22-14+,25-10+,26-12+. The fourth-order valence-electron chi connectivity index (χ4n) is 3.78. The van der Waals surface area contributed by atoms with Gasteiger partial charge in [-0.3, -0.25) is 9.59 Å². The molecule has 1 amide bonds. The SMILES string of the molecule is C\C=C/C(C)=C(C)\C=C(/C)NC(=O)C/C=c1/[nH]c(-c2c(C)cc(OCC(C)=O)cc2C)n/c1=C/C. The van der Waals surface area contributed by atoms with Crippen molar-refractivity contribution in [1.29, 1.82) is 0 Å². The van der Waals surface area contributed by atoms with Crippen molar-refractivity contribution in [3.63, 3.8) is 0 Å². The van der Waals surface area contributed by atoms with Crippen molar-refractivity contribution in [2.24, 2.45) is 0 Å². The van der Waals surface area contributed by atoms with Crippen LogP contribution in [-0.4, -0.2) is 28.3 Å². The Hall–Kier alpha value is -3.67. The average Bonchev–Trinajstić information content (AvgIpc) is 3.18. The average molecular weight is 476 g/mol. The third-order valence-corrected chi connectivity index (χ3v) is 5.52. The Kier molecular flexibility index (Phi) is 10.0. The molecule has 35 heavy (non-hydrogen) atoms. The normalized spacial score (nSPS) is 13.9. The van der Waals surface area contributed by atoms with E-state index in [9.17, 15) is 9.59 Å². The summed E-state index contributed by atoms with van der Waals surface area (Å²) in [7, 11) is 0. The van der Waals surface area contributed by atoms with E-state index in [-0.39, 0.29) is 24.7 Å². The molecule has 0 saturated carbocycles. The zero-order chi connectivity index (χ0) is 26.1. The van der Waals surface area contributed by atoms with Gasteiger partial charge in [0.15, 0.2) is 5.78 Å². The number of allylic oxidation sites excluding steroid dienone is 6. The van der Waals surface area contributed by atoms with Crippen LogP contribution >= 0.6 is 0 Å². The van der Waals surface area contributed by atoms with Crippen molar-refractivity contribution in [3.8, 4) is 17.1 Å². The molecule has 6 heteroatoms. The van der Waals surface area contributed by atoms with Crippen LogP contribution in [0.3, 0.4) is 0 Å². The number of amides is 1. The number of benzene rings is 1. The fraction of sp³-hybridized carbons (Fsp3) is 0.345. The number of carbonyl (C=O) groups excluding carboxylic acids is 2. The fourth-order valence-corrected chi connectivity index (χ4v) is 3.78. The first kappa shape index (κ1) is 27.6. The molecule has 2 aromatic rings. The Labute approximate surface area is 208 Å². The van der Waals surface area contributed by atoms with Crippen molar-refractivity contribution in [2.45, 2.75) is 61.8 Å². The van der Waals surface area contributed by atoms with E-state index in [0.717, 1.165) is 50.1 Å². The minimum absolute atomic E-state index is 0.0243. The highest BCUT2D eigenvalue weighted by Crippen LogP contribution is 2.28. The van der Waals surface area contributed by atoms with E-state index in [0.29, 0.717) is 5.75 Å². The number of aromatic nitrogens is 2. The summed E-state index contributed by atoms with van der Waals surface area (Å²) < 4.78 is 5.57. The molecule has 6 nitrogen and oxygen atoms in total. The van der Waals surface area contributed by atoms with Gasteiger partial charge in [0, 0.05) is 17.7 Å². The molecule has 0 spiro atoms. The zero-order valence-corrected chi connectivity index (χ0v) is 22.1. The predicted octanol–water partition coefficient (Wildman–Crippen LogP) is 4.56. The number of ketones is 1.